The summed E-state index contributed by atoms with van der Waals surface area (Å²) >= 11 is 0. The molecule has 0 saturated heterocycles. The van der Waals surface area contributed by atoms with Crippen molar-refractivity contribution >= 4 is 0 Å². The molecule has 0 bridgehead atoms. The van der Waals surface area contributed by atoms with Gasteiger partial charge < -0.3 is 15.6 Å². The van der Waals surface area contributed by atoms with Crippen LogP contribution in [0.5, 0.6) is 0 Å². The van der Waals surface area contributed by atoms with Gasteiger partial charge in [-0.15, -0.1) is 0 Å². The fourth-order valence-corrected chi connectivity index (χ4v) is 0.334. The molecule has 0 saturated carbocycles. The third-order valence-corrected chi connectivity index (χ3v) is 1.19. The summed E-state index contributed by atoms with van der Waals surface area (Å²) in [5.41, 5.74) is 6.71. The molecule has 0 aromatic carbocycles. The molecule has 0 aromatic heterocycles. The summed E-state index contributed by atoms with van der Waals surface area (Å²) in [5, 5.41) is 8.21. The van der Waals surface area contributed by atoms with E-state index in [9.17, 15) is 0 Å². The topological polar surface area (TPSA) is 55.5 Å². The summed E-state index contributed by atoms with van der Waals surface area (Å²) in [6.07, 6.45) is 2.08. The Bertz CT molecular complexity index is 118. The fourth-order valence-electron chi connectivity index (χ4n) is 0.334. The van der Waals surface area contributed by atoms with Crippen molar-refractivity contribution in [2.75, 3.05) is 19.8 Å². The second-order valence-electron chi connectivity index (χ2n) is 3.14. The highest BCUT2D eigenvalue weighted by atomic mass is 16.5. The lowest BCUT2D eigenvalue weighted by molar-refractivity contribution is 0.0858. The molecule has 0 aliphatic heterocycles. The molecule has 0 radical (unpaired) electrons. The van der Waals surface area contributed by atoms with Gasteiger partial charge in [0.05, 0.1) is 19.8 Å². The minimum Gasteiger partial charge on any atom is -0.394 e. The minimum atomic E-state index is 0.0709. The van der Waals surface area contributed by atoms with Crippen molar-refractivity contribution < 1.29 is 9.84 Å². The molecule has 3 N–H and O–H groups in total. The number of hydrogen-bond acceptors (Lipinski definition) is 3. The van der Waals surface area contributed by atoms with Crippen LogP contribution in [-0.2, 0) is 4.74 Å². The van der Waals surface area contributed by atoms with Gasteiger partial charge in [0.25, 0.3) is 0 Å². The standard InChI is InChI=1S/C5H13NO2.C5H10/c1-5(6)4-8-3-2-7;1-4-5(2)3/h5,7H,2-4,6H2,1H3;4H,1-3H3. The maximum Gasteiger partial charge on any atom is 0.0698 e. The van der Waals surface area contributed by atoms with Crippen LogP contribution in [-0.4, -0.2) is 31.0 Å². The number of ether oxygens (including phenoxy) is 1. The van der Waals surface area contributed by atoms with Crippen molar-refractivity contribution in [3.05, 3.63) is 11.6 Å². The molecule has 0 fully saturated rings. The van der Waals surface area contributed by atoms with Crippen molar-refractivity contribution in [1.29, 1.82) is 0 Å². The maximum atomic E-state index is 8.21. The molecule has 0 rings (SSSR count). The molecular weight excluding hydrogens is 166 g/mol. The number of aliphatic hydroxyl groups is 1. The van der Waals surface area contributed by atoms with Crippen molar-refractivity contribution in [1.82, 2.24) is 0 Å². The Morgan fingerprint density at radius 3 is 2.23 bits per heavy atom. The summed E-state index contributed by atoms with van der Waals surface area (Å²) in [6.45, 7) is 9.06. The number of aliphatic hydroxyl groups excluding tert-OH is 1. The third kappa shape index (κ3) is 24.5. The second kappa shape index (κ2) is 11.6. The Morgan fingerprint density at radius 1 is 1.54 bits per heavy atom. The summed E-state index contributed by atoms with van der Waals surface area (Å²) in [4.78, 5) is 0. The largest absolute Gasteiger partial charge is 0.394 e. The molecule has 0 aliphatic rings. The zero-order valence-electron chi connectivity index (χ0n) is 9.21. The lowest BCUT2D eigenvalue weighted by atomic mass is 10.3. The van der Waals surface area contributed by atoms with E-state index in [2.05, 4.69) is 19.9 Å². The van der Waals surface area contributed by atoms with E-state index in [4.69, 9.17) is 15.6 Å². The number of nitrogens with two attached hydrogens (primary N) is 1. The molecule has 1 atom stereocenters. The van der Waals surface area contributed by atoms with Gasteiger partial charge in [-0.05, 0) is 27.7 Å². The number of rotatable bonds is 4. The van der Waals surface area contributed by atoms with E-state index in [1.807, 2.05) is 13.8 Å². The highest BCUT2D eigenvalue weighted by Gasteiger charge is 1.90. The molecule has 3 nitrogen and oxygen atoms in total. The van der Waals surface area contributed by atoms with Gasteiger partial charge in [-0.2, -0.15) is 0 Å². The van der Waals surface area contributed by atoms with Crippen LogP contribution in [0.25, 0.3) is 0 Å². The van der Waals surface area contributed by atoms with Crippen molar-refractivity contribution in [2.24, 2.45) is 5.73 Å². The van der Waals surface area contributed by atoms with Crippen LogP contribution < -0.4 is 5.73 Å². The smallest absolute Gasteiger partial charge is 0.0698 e. The lowest BCUT2D eigenvalue weighted by Crippen LogP contribution is -2.22. The molecule has 0 aromatic rings. The van der Waals surface area contributed by atoms with E-state index in [0.29, 0.717) is 13.2 Å². The van der Waals surface area contributed by atoms with E-state index in [1.165, 1.54) is 5.57 Å². The highest BCUT2D eigenvalue weighted by molar-refractivity contribution is 4.88. The van der Waals surface area contributed by atoms with Gasteiger partial charge >= 0.3 is 0 Å². The average molecular weight is 189 g/mol. The predicted octanol–water partition coefficient (Wildman–Crippen LogP) is 1.31. The highest BCUT2D eigenvalue weighted by Crippen LogP contribution is 1.82. The third-order valence-electron chi connectivity index (χ3n) is 1.19. The second-order valence-corrected chi connectivity index (χ2v) is 3.14. The quantitative estimate of drug-likeness (QED) is 0.518. The Morgan fingerprint density at radius 2 is 2.00 bits per heavy atom. The van der Waals surface area contributed by atoms with Crippen LogP contribution in [0.4, 0.5) is 0 Å². The molecule has 13 heavy (non-hydrogen) atoms. The molecule has 0 heterocycles. The van der Waals surface area contributed by atoms with Gasteiger partial charge in [0.15, 0.2) is 0 Å². The molecular formula is C10H23NO2. The first kappa shape index (κ1) is 15.1. The fraction of sp³-hybridized carbons (Fsp3) is 0.800. The Hall–Kier alpha value is -0.380. The van der Waals surface area contributed by atoms with Gasteiger partial charge in [0, 0.05) is 6.04 Å². The van der Waals surface area contributed by atoms with Crippen LogP contribution in [0.1, 0.15) is 27.7 Å². The Labute approximate surface area is 81.6 Å². The lowest BCUT2D eigenvalue weighted by Gasteiger charge is -2.03. The van der Waals surface area contributed by atoms with E-state index >= 15 is 0 Å². The van der Waals surface area contributed by atoms with Gasteiger partial charge in [-0.25, -0.2) is 0 Å². The van der Waals surface area contributed by atoms with Crippen LogP contribution in [0, 0.1) is 0 Å². The molecule has 0 aliphatic carbocycles. The molecule has 1 unspecified atom stereocenters. The first-order valence-corrected chi connectivity index (χ1v) is 4.58. The SMILES string of the molecule is CC(N)COCCO.CC=C(C)C. The number of hydrogen-bond donors (Lipinski definition) is 2. The normalized spacial score (nSPS) is 11.2. The zero-order chi connectivity index (χ0) is 10.7. The summed E-state index contributed by atoms with van der Waals surface area (Å²) in [6, 6.07) is 0.0709. The van der Waals surface area contributed by atoms with E-state index < -0.39 is 0 Å². The van der Waals surface area contributed by atoms with Gasteiger partial charge in [-0.1, -0.05) is 11.6 Å². The van der Waals surface area contributed by atoms with Gasteiger partial charge in [-0.3, -0.25) is 0 Å². The number of allylic oxidation sites excluding steroid dienone is 2. The molecule has 80 valence electrons. The first-order chi connectivity index (χ1) is 6.04. The molecule has 0 spiro atoms. The van der Waals surface area contributed by atoms with Crippen LogP contribution in [0.15, 0.2) is 11.6 Å². The van der Waals surface area contributed by atoms with Gasteiger partial charge in [0.2, 0.25) is 0 Å². The van der Waals surface area contributed by atoms with Crippen molar-refractivity contribution in [2.45, 2.75) is 33.7 Å². The Kier molecular flexibility index (Phi) is 13.5. The van der Waals surface area contributed by atoms with E-state index in [-0.39, 0.29) is 12.6 Å². The average Bonchev–Trinajstić information content (AvgIpc) is 2.05. The van der Waals surface area contributed by atoms with Crippen LogP contribution in [0.3, 0.4) is 0 Å². The maximum absolute atomic E-state index is 8.21. The zero-order valence-corrected chi connectivity index (χ0v) is 9.21. The van der Waals surface area contributed by atoms with Crippen LogP contribution in [0.2, 0.25) is 0 Å². The van der Waals surface area contributed by atoms with Crippen LogP contribution >= 0.6 is 0 Å². The summed E-state index contributed by atoms with van der Waals surface area (Å²) in [5.74, 6) is 0. The summed E-state index contributed by atoms with van der Waals surface area (Å²) in [7, 11) is 0. The Balaban J connectivity index is 0. The monoisotopic (exact) mass is 189 g/mol. The van der Waals surface area contributed by atoms with E-state index in [1.54, 1.807) is 0 Å². The summed E-state index contributed by atoms with van der Waals surface area (Å²) < 4.78 is 4.87. The molecule has 3 heteroatoms. The molecule has 0 amide bonds. The van der Waals surface area contributed by atoms with E-state index in [0.717, 1.165) is 0 Å². The van der Waals surface area contributed by atoms with Crippen molar-refractivity contribution in [3.8, 4) is 0 Å². The predicted molar refractivity (Wildman–Crippen MR) is 56.7 cm³/mol. The minimum absolute atomic E-state index is 0.0709. The van der Waals surface area contributed by atoms with Gasteiger partial charge in [0.1, 0.15) is 0 Å². The first-order valence-electron chi connectivity index (χ1n) is 4.58. The van der Waals surface area contributed by atoms with Crippen molar-refractivity contribution in [3.63, 3.8) is 0 Å².